The van der Waals surface area contributed by atoms with Gasteiger partial charge in [0.25, 0.3) is 0 Å². The normalized spacial score (nSPS) is 18.9. The van der Waals surface area contributed by atoms with Gasteiger partial charge >= 0.3 is 18.5 Å². The molecule has 0 N–H and O–H groups in total. The van der Waals surface area contributed by atoms with Gasteiger partial charge in [0.15, 0.2) is 0 Å². The van der Waals surface area contributed by atoms with Crippen LogP contribution in [0.3, 0.4) is 0 Å². The van der Waals surface area contributed by atoms with Crippen molar-refractivity contribution >= 4 is 11.7 Å². The van der Waals surface area contributed by atoms with Crippen LogP contribution in [0, 0.1) is 0 Å². The molecular formula is C22H21F6NO4. The van der Waals surface area contributed by atoms with Crippen molar-refractivity contribution in [1.29, 1.82) is 0 Å². The molecule has 180 valence electrons. The average molecular weight is 477 g/mol. The number of nitrogens with zero attached hydrogens (tertiary/aromatic N) is 1. The summed E-state index contributed by atoms with van der Waals surface area (Å²) in [6.07, 6.45) is -9.31. The summed E-state index contributed by atoms with van der Waals surface area (Å²) in [6, 6.07) is 10.2. The lowest BCUT2D eigenvalue weighted by Gasteiger charge is -2.26. The molecule has 2 atom stereocenters. The third-order valence-electron chi connectivity index (χ3n) is 5.20. The first-order chi connectivity index (χ1) is 15.5. The van der Waals surface area contributed by atoms with Crippen LogP contribution in [0.2, 0.25) is 0 Å². The maximum atomic E-state index is 12.7. The number of hydrogen-bond acceptors (Lipinski definition) is 5. The highest BCUT2D eigenvalue weighted by Crippen LogP contribution is 2.33. The quantitative estimate of drug-likeness (QED) is 0.393. The molecule has 0 saturated carbocycles. The van der Waals surface area contributed by atoms with Gasteiger partial charge in [-0.05, 0) is 55.0 Å². The summed E-state index contributed by atoms with van der Waals surface area (Å²) in [5, 5.41) is 0. The maximum absolute atomic E-state index is 12.7. The topological polar surface area (TPSA) is 48.0 Å². The number of esters is 1. The van der Waals surface area contributed by atoms with Gasteiger partial charge < -0.3 is 14.4 Å². The summed E-state index contributed by atoms with van der Waals surface area (Å²) < 4.78 is 89.8. The van der Waals surface area contributed by atoms with E-state index in [0.717, 1.165) is 12.1 Å². The van der Waals surface area contributed by atoms with Crippen molar-refractivity contribution in [3.63, 3.8) is 0 Å². The number of rotatable bonds is 7. The minimum Gasteiger partial charge on any atom is -0.489 e. The highest BCUT2D eigenvalue weighted by molar-refractivity contribution is 5.89. The van der Waals surface area contributed by atoms with E-state index in [1.807, 2.05) is 4.90 Å². The molecule has 2 aromatic rings. The summed E-state index contributed by atoms with van der Waals surface area (Å²) in [5.74, 6) is -0.303. The van der Waals surface area contributed by atoms with Gasteiger partial charge in [0.05, 0.1) is 31.4 Å². The first-order valence-corrected chi connectivity index (χ1v) is 9.96. The van der Waals surface area contributed by atoms with Gasteiger partial charge in [-0.3, -0.25) is 4.74 Å². The van der Waals surface area contributed by atoms with Gasteiger partial charge in [-0.1, -0.05) is 0 Å². The Morgan fingerprint density at radius 1 is 1.00 bits per heavy atom. The third-order valence-corrected chi connectivity index (χ3v) is 5.20. The number of ether oxygens (including phenoxy) is 3. The molecule has 1 aliphatic rings. The Labute approximate surface area is 185 Å². The molecule has 11 heteroatoms. The lowest BCUT2D eigenvalue weighted by molar-refractivity contribution is -0.324. The number of carbonyl (C=O) groups is 1. The van der Waals surface area contributed by atoms with Crippen molar-refractivity contribution in [1.82, 2.24) is 0 Å². The SMILES string of the molecule is COC(=O)c1ccc(N2C[C@@H](Oc3ccc(C(F)(F)F)cc3)C[C@H]2CCOC(F)(F)F)cc1. The molecule has 3 rings (SSSR count). The predicted octanol–water partition coefficient (Wildman–Crippen LogP) is 5.44. The summed E-state index contributed by atoms with van der Waals surface area (Å²) in [6.45, 7) is -0.271. The number of carbonyl (C=O) groups excluding carboxylic acids is 1. The van der Waals surface area contributed by atoms with E-state index >= 15 is 0 Å². The number of benzene rings is 2. The summed E-state index contributed by atoms with van der Waals surface area (Å²) in [7, 11) is 1.25. The van der Waals surface area contributed by atoms with Crippen molar-refractivity contribution in [3.8, 4) is 5.75 Å². The minimum atomic E-state index is -4.75. The second-order valence-corrected chi connectivity index (χ2v) is 7.43. The standard InChI is InChI=1S/C22H21F6NO4/c1-31-20(30)14-2-6-16(7-3-14)29-13-19(12-17(29)10-11-32-22(26,27)28)33-18-8-4-15(5-9-18)21(23,24)25/h2-9,17,19H,10-13H2,1H3/t17-,19+/m1/s1. The van der Waals surface area contributed by atoms with Crippen LogP contribution >= 0.6 is 0 Å². The number of halogens is 6. The Bertz CT molecular complexity index is 928. The van der Waals surface area contributed by atoms with Gasteiger partial charge in [-0.15, -0.1) is 13.2 Å². The molecule has 5 nitrogen and oxygen atoms in total. The fourth-order valence-electron chi connectivity index (χ4n) is 3.68. The van der Waals surface area contributed by atoms with Crippen molar-refractivity contribution in [2.45, 2.75) is 37.5 Å². The third kappa shape index (κ3) is 6.77. The van der Waals surface area contributed by atoms with E-state index < -0.39 is 36.8 Å². The van der Waals surface area contributed by atoms with Crippen LogP contribution in [0.4, 0.5) is 32.0 Å². The van der Waals surface area contributed by atoms with E-state index in [9.17, 15) is 31.1 Å². The van der Waals surface area contributed by atoms with E-state index in [4.69, 9.17) is 4.74 Å². The van der Waals surface area contributed by atoms with Crippen LogP contribution < -0.4 is 9.64 Å². The molecule has 0 aromatic heterocycles. The molecule has 1 aliphatic heterocycles. The highest BCUT2D eigenvalue weighted by Gasteiger charge is 2.36. The largest absolute Gasteiger partial charge is 0.522 e. The Kier molecular flexibility index (Phi) is 7.41. The van der Waals surface area contributed by atoms with Crippen molar-refractivity contribution < 1.29 is 45.3 Å². The molecule has 0 unspecified atom stereocenters. The Morgan fingerprint density at radius 3 is 2.18 bits per heavy atom. The van der Waals surface area contributed by atoms with Crippen LogP contribution in [0.25, 0.3) is 0 Å². The second-order valence-electron chi connectivity index (χ2n) is 7.43. The van der Waals surface area contributed by atoms with Crippen molar-refractivity contribution in [3.05, 3.63) is 59.7 Å². The van der Waals surface area contributed by atoms with Crippen LogP contribution in [-0.4, -0.2) is 44.7 Å². The van der Waals surface area contributed by atoms with E-state index in [1.165, 1.54) is 31.4 Å². The first kappa shape index (κ1) is 24.7. The molecule has 0 radical (unpaired) electrons. The predicted molar refractivity (Wildman–Crippen MR) is 106 cm³/mol. The zero-order chi connectivity index (χ0) is 24.2. The van der Waals surface area contributed by atoms with Crippen LogP contribution in [0.5, 0.6) is 5.75 Å². The van der Waals surface area contributed by atoms with Crippen LogP contribution in [-0.2, 0) is 15.7 Å². The zero-order valence-corrected chi connectivity index (χ0v) is 17.4. The van der Waals surface area contributed by atoms with Crippen LogP contribution in [0.15, 0.2) is 48.5 Å². The molecule has 33 heavy (non-hydrogen) atoms. The molecule has 1 heterocycles. The molecule has 1 saturated heterocycles. The molecule has 0 amide bonds. The van der Waals surface area contributed by atoms with Crippen molar-refractivity contribution in [2.75, 3.05) is 25.2 Å². The fourth-order valence-corrected chi connectivity index (χ4v) is 3.68. The van der Waals surface area contributed by atoms with Crippen LogP contribution in [0.1, 0.15) is 28.8 Å². The highest BCUT2D eigenvalue weighted by atomic mass is 19.4. The molecule has 1 fully saturated rings. The zero-order valence-electron chi connectivity index (χ0n) is 17.4. The second kappa shape index (κ2) is 9.90. The number of anilines is 1. The smallest absolute Gasteiger partial charge is 0.489 e. The molecular weight excluding hydrogens is 456 g/mol. The van der Waals surface area contributed by atoms with Gasteiger partial charge in [-0.2, -0.15) is 13.2 Å². The van der Waals surface area contributed by atoms with Gasteiger partial charge in [0.1, 0.15) is 11.9 Å². The van der Waals surface area contributed by atoms with E-state index in [0.29, 0.717) is 17.7 Å². The number of hydrogen-bond donors (Lipinski definition) is 0. The maximum Gasteiger partial charge on any atom is 0.522 e. The summed E-state index contributed by atoms with van der Waals surface area (Å²) in [4.78, 5) is 13.5. The fraction of sp³-hybridized carbons (Fsp3) is 0.409. The van der Waals surface area contributed by atoms with Gasteiger partial charge in [0.2, 0.25) is 0 Å². The summed E-state index contributed by atoms with van der Waals surface area (Å²) in [5.41, 5.74) is 0.156. The number of alkyl halides is 6. The monoisotopic (exact) mass is 477 g/mol. The molecule has 0 spiro atoms. The van der Waals surface area contributed by atoms with Gasteiger partial charge in [0, 0.05) is 18.2 Å². The summed E-state index contributed by atoms with van der Waals surface area (Å²) >= 11 is 0. The average Bonchev–Trinajstić information content (AvgIpc) is 3.14. The Hall–Kier alpha value is -2.95. The van der Waals surface area contributed by atoms with Crippen molar-refractivity contribution in [2.24, 2.45) is 0 Å². The minimum absolute atomic E-state index is 0.0468. The molecule has 0 aliphatic carbocycles. The van der Waals surface area contributed by atoms with E-state index in [-0.39, 0.29) is 24.8 Å². The lowest BCUT2D eigenvalue weighted by Crippen LogP contribution is -2.31. The molecule has 0 bridgehead atoms. The Morgan fingerprint density at radius 2 is 1.64 bits per heavy atom. The first-order valence-electron chi connectivity index (χ1n) is 9.96. The molecule has 2 aromatic carbocycles. The van der Waals surface area contributed by atoms with E-state index in [1.54, 1.807) is 12.1 Å². The Balaban J connectivity index is 1.72. The van der Waals surface area contributed by atoms with Gasteiger partial charge in [-0.25, -0.2) is 4.79 Å². The van der Waals surface area contributed by atoms with E-state index in [2.05, 4.69) is 9.47 Å². The lowest BCUT2D eigenvalue weighted by atomic mass is 10.1. The number of methoxy groups -OCH3 is 1.